The molecule has 0 atom stereocenters. The molecule has 2 N–H and O–H groups in total. The smallest absolute Gasteiger partial charge is 0.323 e. The number of aliphatic imine (C=N–C) groups is 1. The van der Waals surface area contributed by atoms with Crippen molar-refractivity contribution in [3.8, 4) is 5.00 Å². The maximum absolute atomic E-state index is 13.3. The third-order valence-corrected chi connectivity index (χ3v) is 7.80. The first-order valence-electron chi connectivity index (χ1n) is 12.3. The van der Waals surface area contributed by atoms with E-state index in [1.54, 1.807) is 23.5 Å². The van der Waals surface area contributed by atoms with Gasteiger partial charge in [-0.2, -0.15) is 0 Å². The summed E-state index contributed by atoms with van der Waals surface area (Å²) in [6.07, 6.45) is 0.886. The van der Waals surface area contributed by atoms with Gasteiger partial charge in [-0.05, 0) is 24.6 Å². The molecule has 0 bridgehead atoms. The number of nitrogens with zero attached hydrogens (tertiary/aromatic N) is 5. The maximum Gasteiger partial charge on any atom is 0.323 e. The highest BCUT2D eigenvalue weighted by molar-refractivity contribution is 7.15. The zero-order chi connectivity index (χ0) is 26.2. The average molecular weight is 525 g/mol. The number of carboxylic acid groups (broad SMARTS) is 1. The van der Waals surface area contributed by atoms with Gasteiger partial charge in [0.2, 0.25) is 0 Å². The quantitative estimate of drug-likeness (QED) is 0.331. The van der Waals surface area contributed by atoms with Crippen molar-refractivity contribution in [2.45, 2.75) is 33.0 Å². The number of thiophene rings is 1. The largest absolute Gasteiger partial charge is 0.480 e. The number of aromatic nitrogens is 4. The molecule has 1 aliphatic heterocycles. The summed E-state index contributed by atoms with van der Waals surface area (Å²) in [4.78, 5) is 30.9. The number of carboxylic acids is 1. The first kappa shape index (κ1) is 23.8. The Morgan fingerprint density at radius 2 is 1.84 bits per heavy atom. The van der Waals surface area contributed by atoms with Crippen LogP contribution in [0.5, 0.6) is 0 Å². The van der Waals surface area contributed by atoms with Gasteiger partial charge in [0.25, 0.3) is 5.91 Å². The molecule has 0 saturated carbocycles. The Morgan fingerprint density at radius 3 is 2.63 bits per heavy atom. The molecule has 0 aliphatic carbocycles. The molecule has 1 aliphatic rings. The van der Waals surface area contributed by atoms with Gasteiger partial charge in [-0.25, -0.2) is 0 Å². The number of para-hydroxylation sites is 1. The zero-order valence-corrected chi connectivity index (χ0v) is 21.4. The molecular weight excluding hydrogens is 500 g/mol. The first-order valence-corrected chi connectivity index (χ1v) is 13.1. The molecule has 4 heterocycles. The first-order chi connectivity index (χ1) is 18.5. The number of hydrogen-bond donors (Lipinski definition) is 2. The van der Waals surface area contributed by atoms with Crippen molar-refractivity contribution < 1.29 is 14.7 Å². The molecule has 5 aromatic rings. The van der Waals surface area contributed by atoms with Crippen LogP contribution in [0, 0.1) is 0 Å². The topological polar surface area (TPSA) is 114 Å². The summed E-state index contributed by atoms with van der Waals surface area (Å²) >= 11 is 1.67. The Hall–Kier alpha value is -4.57. The molecule has 10 heteroatoms. The number of carbonyl (C=O) groups is 2. The Labute approximate surface area is 222 Å². The van der Waals surface area contributed by atoms with Crippen molar-refractivity contribution in [1.82, 2.24) is 24.6 Å². The lowest BCUT2D eigenvalue weighted by Crippen LogP contribution is -2.27. The molecule has 3 aromatic heterocycles. The average Bonchev–Trinajstić information content (AvgIpc) is 3.61. The number of aryl methyl sites for hydroxylation is 1. The molecule has 0 fully saturated rings. The van der Waals surface area contributed by atoms with Crippen molar-refractivity contribution in [3.63, 3.8) is 0 Å². The van der Waals surface area contributed by atoms with Gasteiger partial charge in [-0.15, -0.1) is 21.5 Å². The molecule has 0 radical (unpaired) electrons. The Bertz CT molecular complexity index is 1710. The highest BCUT2D eigenvalue weighted by atomic mass is 32.1. The van der Waals surface area contributed by atoms with Crippen LogP contribution in [0.25, 0.3) is 15.9 Å². The van der Waals surface area contributed by atoms with Gasteiger partial charge in [-0.1, -0.05) is 55.5 Å². The predicted octanol–water partition coefficient (Wildman–Crippen LogP) is 4.21. The number of hydrogen-bond acceptors (Lipinski definition) is 6. The van der Waals surface area contributed by atoms with Gasteiger partial charge >= 0.3 is 5.97 Å². The standard InChI is InChI=1S/C28H24N6O3S/c1-2-19-13-20-26(17-8-4-3-5-9-17)29-14-23-31-32-24(34(23)28(20)38-19)15-30-27(37)22-12-18-10-6-7-11-21(18)33(22)16-25(35)36/h3-13H,2,14-16H2,1H3,(H,30,37)(H,35,36). The van der Waals surface area contributed by atoms with E-state index in [0.29, 0.717) is 23.7 Å². The van der Waals surface area contributed by atoms with Crippen LogP contribution in [0.1, 0.15) is 45.1 Å². The second-order valence-electron chi connectivity index (χ2n) is 8.93. The van der Waals surface area contributed by atoms with Gasteiger partial charge in [0.15, 0.2) is 11.6 Å². The van der Waals surface area contributed by atoms with E-state index in [1.165, 1.54) is 9.44 Å². The number of rotatable bonds is 7. The number of benzene rings is 2. The van der Waals surface area contributed by atoms with Gasteiger partial charge in [-0.3, -0.25) is 19.1 Å². The lowest BCUT2D eigenvalue weighted by Gasteiger charge is -2.11. The van der Waals surface area contributed by atoms with Crippen LogP contribution < -0.4 is 5.32 Å². The molecule has 38 heavy (non-hydrogen) atoms. The van der Waals surface area contributed by atoms with E-state index in [9.17, 15) is 14.7 Å². The molecule has 0 saturated heterocycles. The molecule has 1 amide bonds. The summed E-state index contributed by atoms with van der Waals surface area (Å²) in [5.41, 5.74) is 3.94. The molecule has 0 spiro atoms. The summed E-state index contributed by atoms with van der Waals surface area (Å²) in [6, 6.07) is 21.3. The monoisotopic (exact) mass is 524 g/mol. The van der Waals surface area contributed by atoms with Crippen LogP contribution in [0.3, 0.4) is 0 Å². The summed E-state index contributed by atoms with van der Waals surface area (Å²) < 4.78 is 3.51. The molecular formula is C28H24N6O3S. The van der Waals surface area contributed by atoms with Crippen molar-refractivity contribution >= 4 is 39.8 Å². The lowest BCUT2D eigenvalue weighted by molar-refractivity contribution is -0.137. The van der Waals surface area contributed by atoms with Crippen molar-refractivity contribution in [2.24, 2.45) is 4.99 Å². The minimum Gasteiger partial charge on any atom is -0.480 e. The molecule has 0 unspecified atom stereocenters. The van der Waals surface area contributed by atoms with Crippen molar-refractivity contribution in [3.05, 3.63) is 100 Å². The Balaban J connectivity index is 1.33. The molecule has 190 valence electrons. The van der Waals surface area contributed by atoms with Crippen LogP contribution in [0.2, 0.25) is 0 Å². The number of fused-ring (bicyclic) bond motifs is 4. The highest BCUT2D eigenvalue weighted by Gasteiger charge is 2.26. The summed E-state index contributed by atoms with van der Waals surface area (Å²) in [5.74, 6) is -0.111. The Kier molecular flexibility index (Phi) is 6.09. The van der Waals surface area contributed by atoms with Gasteiger partial charge in [0.05, 0.1) is 12.3 Å². The highest BCUT2D eigenvalue weighted by Crippen LogP contribution is 2.33. The van der Waals surface area contributed by atoms with E-state index in [4.69, 9.17) is 4.99 Å². The third-order valence-electron chi connectivity index (χ3n) is 6.54. The van der Waals surface area contributed by atoms with Gasteiger partial charge in [0, 0.05) is 26.9 Å². The predicted molar refractivity (Wildman–Crippen MR) is 145 cm³/mol. The number of nitrogens with one attached hydrogen (secondary N) is 1. The lowest BCUT2D eigenvalue weighted by atomic mass is 10.0. The van der Waals surface area contributed by atoms with Crippen LogP contribution in [-0.4, -0.2) is 42.0 Å². The van der Waals surface area contributed by atoms with E-state index in [0.717, 1.165) is 33.6 Å². The van der Waals surface area contributed by atoms with E-state index in [-0.39, 0.29) is 24.7 Å². The number of carbonyl (C=O) groups excluding carboxylic acids is 1. The third kappa shape index (κ3) is 4.18. The summed E-state index contributed by atoms with van der Waals surface area (Å²) in [6.45, 7) is 2.30. The van der Waals surface area contributed by atoms with Crippen LogP contribution in [0.4, 0.5) is 0 Å². The van der Waals surface area contributed by atoms with E-state index in [2.05, 4.69) is 40.6 Å². The van der Waals surface area contributed by atoms with Crippen LogP contribution in [0.15, 0.2) is 71.7 Å². The second-order valence-corrected chi connectivity index (χ2v) is 10.0. The van der Waals surface area contributed by atoms with Crippen LogP contribution >= 0.6 is 11.3 Å². The van der Waals surface area contributed by atoms with Crippen molar-refractivity contribution in [2.75, 3.05) is 0 Å². The fourth-order valence-corrected chi connectivity index (χ4v) is 5.92. The van der Waals surface area contributed by atoms with Gasteiger partial charge in [0.1, 0.15) is 23.8 Å². The minimum absolute atomic E-state index is 0.125. The SMILES string of the molecule is CCc1cc2c(s1)-n1c(nnc1CNC(=O)c1cc3ccccc3n1CC(=O)O)CN=C2c1ccccc1. The minimum atomic E-state index is -1.02. The summed E-state index contributed by atoms with van der Waals surface area (Å²) in [7, 11) is 0. The summed E-state index contributed by atoms with van der Waals surface area (Å²) in [5, 5.41) is 22.9. The second kappa shape index (κ2) is 9.71. The normalized spacial score (nSPS) is 12.5. The van der Waals surface area contributed by atoms with Gasteiger partial charge < -0.3 is 15.0 Å². The number of aliphatic carboxylic acids is 1. The Morgan fingerprint density at radius 1 is 1.05 bits per heavy atom. The molecule has 2 aromatic carbocycles. The maximum atomic E-state index is 13.3. The van der Waals surface area contributed by atoms with E-state index in [1.807, 2.05) is 41.0 Å². The number of amides is 1. The molecule has 6 rings (SSSR count). The van der Waals surface area contributed by atoms with Crippen molar-refractivity contribution in [1.29, 1.82) is 0 Å². The zero-order valence-electron chi connectivity index (χ0n) is 20.6. The van der Waals surface area contributed by atoms with E-state index >= 15 is 0 Å². The van der Waals surface area contributed by atoms with E-state index < -0.39 is 5.97 Å². The fraction of sp³-hybridized carbons (Fsp3) is 0.179. The van der Waals surface area contributed by atoms with Crippen LogP contribution in [-0.2, 0) is 30.8 Å². The fourth-order valence-electron chi connectivity index (χ4n) is 4.78. The molecule has 9 nitrogen and oxygen atoms in total.